The Labute approximate surface area is 121 Å². The minimum Gasteiger partial charge on any atom is -0.477 e. The van der Waals surface area contributed by atoms with Gasteiger partial charge in [0.2, 0.25) is 0 Å². The van der Waals surface area contributed by atoms with Gasteiger partial charge in [-0.15, -0.1) is 0 Å². The van der Waals surface area contributed by atoms with Crippen LogP contribution in [0.15, 0.2) is 38.5 Å². The summed E-state index contributed by atoms with van der Waals surface area (Å²) in [6, 6.07) is 5.27. The van der Waals surface area contributed by atoms with Crippen LogP contribution in [-0.2, 0) is 6.42 Å². The first-order valence-electron chi connectivity index (χ1n) is 5.82. The van der Waals surface area contributed by atoms with Crippen LogP contribution < -0.4 is 11.2 Å². The summed E-state index contributed by atoms with van der Waals surface area (Å²) in [5, 5.41) is 8.96. The van der Waals surface area contributed by atoms with E-state index in [-0.39, 0.29) is 0 Å². The largest absolute Gasteiger partial charge is 0.477 e. The minimum atomic E-state index is -1.38. The summed E-state index contributed by atoms with van der Waals surface area (Å²) < 4.78 is 1.99. The lowest BCUT2D eigenvalue weighted by Crippen LogP contribution is -2.32. The van der Waals surface area contributed by atoms with Gasteiger partial charge in [-0.25, -0.2) is 9.59 Å². The molecule has 0 atom stereocenters. The third kappa shape index (κ3) is 2.57. The highest BCUT2D eigenvalue weighted by Crippen LogP contribution is 2.19. The van der Waals surface area contributed by atoms with Crippen molar-refractivity contribution in [1.29, 1.82) is 0 Å². The molecule has 1 heterocycles. The smallest absolute Gasteiger partial charge is 0.342 e. The molecule has 0 aliphatic carbocycles. The number of aromatic amines is 1. The Bertz CT molecular complexity index is 792. The highest BCUT2D eigenvalue weighted by atomic mass is 79.9. The van der Waals surface area contributed by atoms with Crippen LogP contribution in [0.1, 0.15) is 22.8 Å². The maximum Gasteiger partial charge on any atom is 0.342 e. The molecule has 0 bridgehead atoms. The zero-order valence-electron chi connectivity index (χ0n) is 10.5. The predicted molar refractivity (Wildman–Crippen MR) is 76.7 cm³/mol. The number of aromatic carboxylic acids is 1. The second-order valence-electron chi connectivity index (χ2n) is 4.10. The lowest BCUT2D eigenvalue weighted by atomic mass is 10.1. The van der Waals surface area contributed by atoms with E-state index in [1.165, 1.54) is 0 Å². The van der Waals surface area contributed by atoms with Crippen molar-refractivity contribution in [2.75, 3.05) is 0 Å². The standard InChI is InChI=1S/C13H11BrN2O4/c1-2-7-5-8(14)3-4-10(7)16-6-9(12(18)19)11(17)15-13(16)20/h3-6H,2H2,1H3,(H,18,19)(H,15,17,20). The molecule has 2 aromatic rings. The molecule has 7 heteroatoms. The fraction of sp³-hybridized carbons (Fsp3) is 0.154. The Morgan fingerprint density at radius 3 is 2.70 bits per heavy atom. The highest BCUT2D eigenvalue weighted by Gasteiger charge is 2.14. The fourth-order valence-electron chi connectivity index (χ4n) is 1.87. The Hall–Kier alpha value is -2.15. The number of carboxylic acids is 1. The van der Waals surface area contributed by atoms with E-state index in [4.69, 9.17) is 5.11 Å². The van der Waals surface area contributed by atoms with Gasteiger partial charge in [-0.2, -0.15) is 0 Å². The number of benzene rings is 1. The summed E-state index contributed by atoms with van der Waals surface area (Å²) in [4.78, 5) is 36.3. The number of aromatic nitrogens is 2. The van der Waals surface area contributed by atoms with Gasteiger partial charge in [0.05, 0.1) is 5.69 Å². The van der Waals surface area contributed by atoms with Crippen LogP contribution >= 0.6 is 15.9 Å². The van der Waals surface area contributed by atoms with Crippen LogP contribution in [-0.4, -0.2) is 20.6 Å². The number of nitrogens with zero attached hydrogens (tertiary/aromatic N) is 1. The van der Waals surface area contributed by atoms with Gasteiger partial charge in [-0.05, 0) is 30.2 Å². The molecule has 1 aromatic carbocycles. The number of hydrogen-bond donors (Lipinski definition) is 2. The lowest BCUT2D eigenvalue weighted by Gasteiger charge is -2.11. The van der Waals surface area contributed by atoms with Gasteiger partial charge < -0.3 is 5.11 Å². The third-order valence-electron chi connectivity index (χ3n) is 2.85. The number of carboxylic acid groups (broad SMARTS) is 1. The second kappa shape index (κ2) is 5.46. The predicted octanol–water partition coefficient (Wildman–Crippen LogP) is 1.55. The SMILES string of the molecule is CCc1cc(Br)ccc1-n1cc(C(=O)O)c(=O)[nH]c1=O. The van der Waals surface area contributed by atoms with Crippen LogP contribution in [0.4, 0.5) is 0 Å². The molecule has 2 rings (SSSR count). The molecule has 1 aromatic heterocycles. The number of H-pyrrole nitrogens is 1. The molecular weight excluding hydrogens is 328 g/mol. The van der Waals surface area contributed by atoms with Gasteiger partial charge in [0.25, 0.3) is 5.56 Å². The molecule has 0 aliphatic rings. The second-order valence-corrected chi connectivity index (χ2v) is 5.02. The fourth-order valence-corrected chi connectivity index (χ4v) is 2.28. The van der Waals surface area contributed by atoms with Crippen LogP contribution in [0.3, 0.4) is 0 Å². The summed E-state index contributed by atoms with van der Waals surface area (Å²) in [6.45, 7) is 1.92. The van der Waals surface area contributed by atoms with Crippen LogP contribution in [0, 0.1) is 0 Å². The van der Waals surface area contributed by atoms with Crippen molar-refractivity contribution in [2.24, 2.45) is 0 Å². The number of carbonyl (C=O) groups is 1. The van der Waals surface area contributed by atoms with E-state index in [0.717, 1.165) is 20.8 Å². The number of hydrogen-bond acceptors (Lipinski definition) is 3. The first-order valence-corrected chi connectivity index (χ1v) is 6.61. The Balaban J connectivity index is 2.76. The molecule has 0 unspecified atom stereocenters. The van der Waals surface area contributed by atoms with Gasteiger partial charge in [0.15, 0.2) is 0 Å². The molecule has 0 saturated heterocycles. The number of halogens is 1. The van der Waals surface area contributed by atoms with Crippen LogP contribution in [0.5, 0.6) is 0 Å². The maximum atomic E-state index is 11.9. The Morgan fingerprint density at radius 1 is 1.40 bits per heavy atom. The maximum absolute atomic E-state index is 11.9. The molecule has 0 amide bonds. The Morgan fingerprint density at radius 2 is 2.10 bits per heavy atom. The average molecular weight is 339 g/mol. The van der Waals surface area contributed by atoms with E-state index >= 15 is 0 Å². The van der Waals surface area contributed by atoms with Gasteiger partial charge in [0.1, 0.15) is 5.56 Å². The van der Waals surface area contributed by atoms with Crippen molar-refractivity contribution in [2.45, 2.75) is 13.3 Å². The van der Waals surface area contributed by atoms with Crippen molar-refractivity contribution >= 4 is 21.9 Å². The van der Waals surface area contributed by atoms with Gasteiger partial charge in [-0.3, -0.25) is 14.3 Å². The van der Waals surface area contributed by atoms with E-state index in [1.54, 1.807) is 12.1 Å². The quantitative estimate of drug-likeness (QED) is 0.887. The average Bonchev–Trinajstić information content (AvgIpc) is 2.39. The molecule has 20 heavy (non-hydrogen) atoms. The van der Waals surface area contributed by atoms with Crippen molar-refractivity contribution in [3.8, 4) is 5.69 Å². The van der Waals surface area contributed by atoms with E-state index in [0.29, 0.717) is 12.1 Å². The van der Waals surface area contributed by atoms with Crippen molar-refractivity contribution < 1.29 is 9.90 Å². The summed E-state index contributed by atoms with van der Waals surface area (Å²) in [5.74, 6) is -1.38. The molecular formula is C13H11BrN2O4. The van der Waals surface area contributed by atoms with Crippen LogP contribution in [0.2, 0.25) is 0 Å². The molecule has 2 N–H and O–H groups in total. The van der Waals surface area contributed by atoms with Gasteiger partial charge in [-0.1, -0.05) is 22.9 Å². The first kappa shape index (κ1) is 14.3. The topological polar surface area (TPSA) is 92.2 Å². The zero-order valence-corrected chi connectivity index (χ0v) is 12.1. The molecule has 104 valence electrons. The molecule has 0 aliphatic heterocycles. The van der Waals surface area contributed by atoms with E-state index < -0.39 is 22.8 Å². The van der Waals surface area contributed by atoms with Gasteiger partial charge in [0, 0.05) is 10.7 Å². The Kier molecular flexibility index (Phi) is 3.89. The third-order valence-corrected chi connectivity index (χ3v) is 3.35. The monoisotopic (exact) mass is 338 g/mol. The van der Waals surface area contributed by atoms with E-state index in [2.05, 4.69) is 15.9 Å². The lowest BCUT2D eigenvalue weighted by molar-refractivity contribution is 0.0694. The summed E-state index contributed by atoms with van der Waals surface area (Å²) >= 11 is 3.34. The minimum absolute atomic E-state index is 0.477. The number of aryl methyl sites for hydroxylation is 1. The highest BCUT2D eigenvalue weighted by molar-refractivity contribution is 9.10. The molecule has 6 nitrogen and oxygen atoms in total. The number of nitrogens with one attached hydrogen (secondary N) is 1. The molecule has 0 spiro atoms. The summed E-state index contributed by atoms with van der Waals surface area (Å²) in [6.07, 6.45) is 1.70. The van der Waals surface area contributed by atoms with Gasteiger partial charge >= 0.3 is 11.7 Å². The summed E-state index contributed by atoms with van der Waals surface area (Å²) in [5.41, 5.74) is -0.662. The first-order chi connectivity index (χ1) is 9.43. The van der Waals surface area contributed by atoms with E-state index in [1.807, 2.05) is 18.0 Å². The van der Waals surface area contributed by atoms with Crippen molar-refractivity contribution in [1.82, 2.24) is 9.55 Å². The van der Waals surface area contributed by atoms with Crippen LogP contribution in [0.25, 0.3) is 5.69 Å². The molecule has 0 fully saturated rings. The van der Waals surface area contributed by atoms with Crippen molar-refractivity contribution in [3.05, 3.63) is 60.8 Å². The number of rotatable bonds is 3. The molecule has 0 radical (unpaired) electrons. The summed E-state index contributed by atoms with van der Waals surface area (Å²) in [7, 11) is 0. The van der Waals surface area contributed by atoms with E-state index in [9.17, 15) is 14.4 Å². The zero-order chi connectivity index (χ0) is 14.9. The molecule has 0 saturated carbocycles. The normalized spacial score (nSPS) is 10.5. The van der Waals surface area contributed by atoms with Crippen molar-refractivity contribution in [3.63, 3.8) is 0 Å².